The van der Waals surface area contributed by atoms with Gasteiger partial charge in [0.1, 0.15) is 4.21 Å². The topological polar surface area (TPSA) is 83.0 Å². The van der Waals surface area contributed by atoms with Crippen molar-refractivity contribution in [3.63, 3.8) is 0 Å². The van der Waals surface area contributed by atoms with Crippen LogP contribution in [0.25, 0.3) is 0 Å². The van der Waals surface area contributed by atoms with Gasteiger partial charge in [0.05, 0.1) is 19.8 Å². The highest BCUT2D eigenvalue weighted by molar-refractivity contribution is 14.0. The molecule has 0 bridgehead atoms. The lowest BCUT2D eigenvalue weighted by atomic mass is 10.3. The molecule has 0 aliphatic carbocycles. The van der Waals surface area contributed by atoms with Crippen LogP contribution < -0.4 is 10.6 Å². The maximum atomic E-state index is 12.7. The zero-order valence-corrected chi connectivity index (χ0v) is 20.4. The van der Waals surface area contributed by atoms with E-state index in [2.05, 4.69) is 27.1 Å². The van der Waals surface area contributed by atoms with E-state index in [1.807, 2.05) is 12.1 Å². The number of ether oxygens (including phenoxy) is 1. The number of halogens is 1. The summed E-state index contributed by atoms with van der Waals surface area (Å²) in [7, 11) is -1.70. The molecule has 1 aliphatic heterocycles. The molecule has 0 radical (unpaired) electrons. The summed E-state index contributed by atoms with van der Waals surface area (Å²) in [6.45, 7) is 3.05. The first-order valence-corrected chi connectivity index (χ1v) is 11.9. The van der Waals surface area contributed by atoms with Gasteiger partial charge in [0.15, 0.2) is 5.96 Å². The number of nitrogens with zero attached hydrogens (tertiary/aromatic N) is 2. The Morgan fingerprint density at radius 3 is 2.68 bits per heavy atom. The second kappa shape index (κ2) is 11.5. The summed E-state index contributed by atoms with van der Waals surface area (Å²) in [5.41, 5.74) is 0. The Kier molecular flexibility index (Phi) is 9.63. The summed E-state index contributed by atoms with van der Waals surface area (Å²) in [6, 6.07) is 7.69. The van der Waals surface area contributed by atoms with Crippen molar-refractivity contribution < 1.29 is 13.2 Å². The van der Waals surface area contributed by atoms with E-state index >= 15 is 0 Å². The molecule has 0 amide bonds. The maximum Gasteiger partial charge on any atom is 0.252 e. The SMILES string of the molecule is CN=C(NCCc1cccs1)NCc1ccc(S(=O)(=O)N2CCOCC2)s1.I. The number of hydrogen-bond donors (Lipinski definition) is 2. The molecule has 28 heavy (non-hydrogen) atoms. The van der Waals surface area contributed by atoms with Crippen molar-refractivity contribution in [1.29, 1.82) is 0 Å². The van der Waals surface area contributed by atoms with Crippen molar-refractivity contribution in [2.75, 3.05) is 39.9 Å². The van der Waals surface area contributed by atoms with Gasteiger partial charge in [0.25, 0.3) is 10.0 Å². The van der Waals surface area contributed by atoms with Gasteiger partial charge in [-0.25, -0.2) is 8.42 Å². The van der Waals surface area contributed by atoms with E-state index < -0.39 is 10.0 Å². The van der Waals surface area contributed by atoms with Gasteiger partial charge in [0, 0.05) is 36.4 Å². The van der Waals surface area contributed by atoms with Crippen LogP contribution in [0, 0.1) is 0 Å². The molecule has 2 aromatic rings. The molecular formula is C17H25IN4O3S3. The summed E-state index contributed by atoms with van der Waals surface area (Å²) in [5.74, 6) is 0.706. The van der Waals surface area contributed by atoms with Gasteiger partial charge in [-0.05, 0) is 30.0 Å². The van der Waals surface area contributed by atoms with Gasteiger partial charge in [-0.2, -0.15) is 4.31 Å². The minimum Gasteiger partial charge on any atom is -0.379 e. The summed E-state index contributed by atoms with van der Waals surface area (Å²) in [5, 5.41) is 8.58. The Labute approximate surface area is 191 Å². The molecule has 2 N–H and O–H groups in total. The lowest BCUT2D eigenvalue weighted by Crippen LogP contribution is -2.40. The first-order valence-electron chi connectivity index (χ1n) is 8.73. The Balaban J connectivity index is 0.00000280. The van der Waals surface area contributed by atoms with Gasteiger partial charge in [-0.3, -0.25) is 4.99 Å². The van der Waals surface area contributed by atoms with E-state index in [-0.39, 0.29) is 24.0 Å². The Morgan fingerprint density at radius 2 is 2.00 bits per heavy atom. The summed E-state index contributed by atoms with van der Waals surface area (Å²) in [6.07, 6.45) is 0.944. The van der Waals surface area contributed by atoms with Gasteiger partial charge < -0.3 is 15.4 Å². The third-order valence-electron chi connectivity index (χ3n) is 4.10. The molecule has 3 heterocycles. The highest BCUT2D eigenvalue weighted by atomic mass is 127. The third kappa shape index (κ3) is 6.39. The summed E-state index contributed by atoms with van der Waals surface area (Å²) in [4.78, 5) is 6.49. The largest absolute Gasteiger partial charge is 0.379 e. The van der Waals surface area contributed by atoms with E-state index in [1.165, 1.54) is 20.5 Å². The van der Waals surface area contributed by atoms with Crippen LogP contribution in [0.3, 0.4) is 0 Å². The van der Waals surface area contributed by atoms with Gasteiger partial charge in [-0.1, -0.05) is 6.07 Å². The number of sulfonamides is 1. The molecule has 0 atom stereocenters. The number of guanidine groups is 1. The average Bonchev–Trinajstić information content (AvgIpc) is 3.37. The minimum atomic E-state index is -3.43. The Bertz CT molecular complexity index is 847. The Hall–Kier alpha value is -0.730. The van der Waals surface area contributed by atoms with Crippen LogP contribution in [0.2, 0.25) is 0 Å². The molecule has 1 aliphatic rings. The van der Waals surface area contributed by atoms with Gasteiger partial charge in [0.2, 0.25) is 0 Å². The predicted molar refractivity (Wildman–Crippen MR) is 126 cm³/mol. The van der Waals surface area contributed by atoms with E-state index in [1.54, 1.807) is 24.5 Å². The van der Waals surface area contributed by atoms with Crippen molar-refractivity contribution in [2.45, 2.75) is 17.2 Å². The molecule has 0 unspecified atom stereocenters. The van der Waals surface area contributed by atoms with Crippen LogP contribution in [0.4, 0.5) is 0 Å². The monoisotopic (exact) mass is 556 g/mol. The van der Waals surface area contributed by atoms with Crippen LogP contribution in [0.15, 0.2) is 38.8 Å². The first kappa shape index (κ1) is 23.5. The number of thiophene rings is 2. The third-order valence-corrected chi connectivity index (χ3v) is 8.49. The lowest BCUT2D eigenvalue weighted by Gasteiger charge is -2.25. The maximum absolute atomic E-state index is 12.7. The van der Waals surface area contributed by atoms with Crippen LogP contribution in [-0.2, 0) is 27.7 Å². The number of aliphatic imine (C=N–C) groups is 1. The van der Waals surface area contributed by atoms with Crippen molar-refractivity contribution in [3.05, 3.63) is 39.4 Å². The molecule has 1 saturated heterocycles. The van der Waals surface area contributed by atoms with Crippen LogP contribution in [0.5, 0.6) is 0 Å². The lowest BCUT2D eigenvalue weighted by molar-refractivity contribution is 0.0731. The Morgan fingerprint density at radius 1 is 1.21 bits per heavy atom. The van der Waals surface area contributed by atoms with Gasteiger partial charge in [-0.15, -0.1) is 46.7 Å². The molecule has 0 spiro atoms. The minimum absolute atomic E-state index is 0. The molecule has 0 aromatic carbocycles. The predicted octanol–water partition coefficient (Wildman–Crippen LogP) is 2.36. The fourth-order valence-electron chi connectivity index (χ4n) is 2.66. The molecule has 0 saturated carbocycles. The van der Waals surface area contributed by atoms with Crippen molar-refractivity contribution in [1.82, 2.24) is 14.9 Å². The summed E-state index contributed by atoms with van der Waals surface area (Å²) < 4.78 is 32.5. The fourth-order valence-corrected chi connectivity index (χ4v) is 6.22. The molecule has 1 fully saturated rings. The zero-order chi connectivity index (χ0) is 19.1. The van der Waals surface area contributed by atoms with E-state index in [0.717, 1.165) is 17.8 Å². The van der Waals surface area contributed by atoms with Crippen molar-refractivity contribution >= 4 is 62.6 Å². The fraction of sp³-hybridized carbons (Fsp3) is 0.471. The molecule has 2 aromatic heterocycles. The second-order valence-corrected chi connectivity index (χ2v) is 10.3. The van der Waals surface area contributed by atoms with Crippen LogP contribution in [0.1, 0.15) is 9.75 Å². The van der Waals surface area contributed by atoms with Crippen molar-refractivity contribution in [2.24, 2.45) is 4.99 Å². The van der Waals surface area contributed by atoms with Gasteiger partial charge >= 0.3 is 0 Å². The number of hydrogen-bond acceptors (Lipinski definition) is 6. The smallest absolute Gasteiger partial charge is 0.252 e. The first-order chi connectivity index (χ1) is 13.1. The molecular weight excluding hydrogens is 531 g/mol. The van der Waals surface area contributed by atoms with E-state index in [9.17, 15) is 8.42 Å². The van der Waals surface area contributed by atoms with E-state index in [0.29, 0.717) is 43.0 Å². The molecule has 11 heteroatoms. The average molecular weight is 557 g/mol. The van der Waals surface area contributed by atoms with E-state index in [4.69, 9.17) is 4.74 Å². The van der Waals surface area contributed by atoms with Crippen LogP contribution >= 0.6 is 46.7 Å². The highest BCUT2D eigenvalue weighted by Crippen LogP contribution is 2.25. The van der Waals surface area contributed by atoms with Crippen LogP contribution in [-0.4, -0.2) is 58.6 Å². The number of nitrogens with one attached hydrogen (secondary N) is 2. The zero-order valence-electron chi connectivity index (χ0n) is 15.6. The normalized spacial score (nSPS) is 15.8. The molecule has 7 nitrogen and oxygen atoms in total. The highest BCUT2D eigenvalue weighted by Gasteiger charge is 2.27. The number of morpholine rings is 1. The molecule has 3 rings (SSSR count). The summed E-state index contributed by atoms with van der Waals surface area (Å²) >= 11 is 3.04. The van der Waals surface area contributed by atoms with Crippen molar-refractivity contribution in [3.8, 4) is 0 Å². The number of rotatable bonds is 7. The standard InChI is InChI=1S/C17H24N4O3S3.HI/c1-18-17(19-7-6-14-3-2-12-25-14)20-13-15-4-5-16(26-15)27(22,23)21-8-10-24-11-9-21;/h2-5,12H,6-11,13H2,1H3,(H2,18,19,20);1H. The second-order valence-electron chi connectivity index (χ2n) is 5.92. The molecule has 156 valence electrons. The quantitative estimate of drug-likeness (QED) is 0.311.